The van der Waals surface area contributed by atoms with Gasteiger partial charge in [0.1, 0.15) is 0 Å². The first-order valence-corrected chi connectivity index (χ1v) is 6.72. The van der Waals surface area contributed by atoms with E-state index in [0.717, 1.165) is 13.0 Å². The molecule has 1 aromatic carbocycles. The van der Waals surface area contributed by atoms with Crippen molar-refractivity contribution >= 4 is 0 Å². The minimum atomic E-state index is 0.191. The molecule has 2 heteroatoms. The van der Waals surface area contributed by atoms with Crippen LogP contribution in [0, 0.1) is 13.8 Å². The molecule has 0 bridgehead atoms. The standard InChI is InChI=1S/C15H24N2/c1-12-5-6-14(13(2)11-12)15(16)7-10-17-8-3-4-9-17/h5-6,11,15H,3-4,7-10,16H2,1-2H3. The Balaban J connectivity index is 1.91. The fraction of sp³-hybridized carbons (Fsp3) is 0.600. The number of likely N-dealkylation sites (tertiary alicyclic amines) is 1. The average Bonchev–Trinajstić information content (AvgIpc) is 2.78. The number of hydrogen-bond donors (Lipinski definition) is 1. The molecule has 0 aliphatic carbocycles. The molecule has 2 nitrogen and oxygen atoms in total. The van der Waals surface area contributed by atoms with Crippen LogP contribution in [-0.2, 0) is 0 Å². The van der Waals surface area contributed by atoms with Crippen LogP contribution in [0.25, 0.3) is 0 Å². The molecule has 1 saturated heterocycles. The van der Waals surface area contributed by atoms with Gasteiger partial charge in [-0.1, -0.05) is 23.8 Å². The van der Waals surface area contributed by atoms with Gasteiger partial charge in [0.2, 0.25) is 0 Å². The molecular weight excluding hydrogens is 208 g/mol. The van der Waals surface area contributed by atoms with Gasteiger partial charge in [0.05, 0.1) is 0 Å². The smallest absolute Gasteiger partial charge is 0.0309 e. The third-order valence-electron chi connectivity index (χ3n) is 3.78. The molecule has 0 radical (unpaired) electrons. The van der Waals surface area contributed by atoms with E-state index in [2.05, 4.69) is 36.9 Å². The van der Waals surface area contributed by atoms with E-state index in [1.54, 1.807) is 0 Å². The van der Waals surface area contributed by atoms with Crippen LogP contribution in [0.4, 0.5) is 0 Å². The summed E-state index contributed by atoms with van der Waals surface area (Å²) >= 11 is 0. The first kappa shape index (κ1) is 12.6. The summed E-state index contributed by atoms with van der Waals surface area (Å²) < 4.78 is 0. The van der Waals surface area contributed by atoms with E-state index in [1.165, 1.54) is 42.6 Å². The summed E-state index contributed by atoms with van der Waals surface area (Å²) in [6.07, 6.45) is 3.79. The summed E-state index contributed by atoms with van der Waals surface area (Å²) in [4.78, 5) is 2.53. The molecule has 1 aliphatic rings. The number of nitrogens with zero attached hydrogens (tertiary/aromatic N) is 1. The van der Waals surface area contributed by atoms with Crippen LogP contribution in [0.2, 0.25) is 0 Å². The second kappa shape index (κ2) is 5.65. The quantitative estimate of drug-likeness (QED) is 0.865. The Morgan fingerprint density at radius 1 is 1.24 bits per heavy atom. The van der Waals surface area contributed by atoms with Gasteiger partial charge >= 0.3 is 0 Å². The summed E-state index contributed by atoms with van der Waals surface area (Å²) in [7, 11) is 0. The maximum Gasteiger partial charge on any atom is 0.0309 e. The number of hydrogen-bond acceptors (Lipinski definition) is 2. The monoisotopic (exact) mass is 232 g/mol. The van der Waals surface area contributed by atoms with E-state index >= 15 is 0 Å². The van der Waals surface area contributed by atoms with Gasteiger partial charge in [-0.15, -0.1) is 0 Å². The molecule has 1 fully saturated rings. The van der Waals surface area contributed by atoms with Crippen LogP contribution in [0.5, 0.6) is 0 Å². The highest BCUT2D eigenvalue weighted by Crippen LogP contribution is 2.20. The molecule has 1 aromatic rings. The Hall–Kier alpha value is -0.860. The van der Waals surface area contributed by atoms with Crippen molar-refractivity contribution in [3.8, 4) is 0 Å². The molecule has 1 aliphatic heterocycles. The lowest BCUT2D eigenvalue weighted by molar-refractivity contribution is 0.322. The minimum Gasteiger partial charge on any atom is -0.324 e. The van der Waals surface area contributed by atoms with Gasteiger partial charge in [-0.05, 0) is 63.9 Å². The highest BCUT2D eigenvalue weighted by molar-refractivity contribution is 5.32. The highest BCUT2D eigenvalue weighted by atomic mass is 15.1. The van der Waals surface area contributed by atoms with Crippen molar-refractivity contribution in [1.29, 1.82) is 0 Å². The van der Waals surface area contributed by atoms with E-state index in [9.17, 15) is 0 Å². The lowest BCUT2D eigenvalue weighted by atomic mass is 9.97. The second-order valence-electron chi connectivity index (χ2n) is 5.30. The molecule has 1 unspecified atom stereocenters. The van der Waals surface area contributed by atoms with Crippen molar-refractivity contribution in [2.45, 2.75) is 39.2 Å². The molecule has 0 saturated carbocycles. The zero-order chi connectivity index (χ0) is 12.3. The summed E-state index contributed by atoms with van der Waals surface area (Å²) in [6.45, 7) is 7.97. The van der Waals surface area contributed by atoms with Gasteiger partial charge in [-0.3, -0.25) is 0 Å². The minimum absolute atomic E-state index is 0.191. The van der Waals surface area contributed by atoms with Crippen molar-refractivity contribution in [3.63, 3.8) is 0 Å². The number of benzene rings is 1. The van der Waals surface area contributed by atoms with E-state index in [-0.39, 0.29) is 6.04 Å². The Kier molecular flexibility index (Phi) is 4.19. The zero-order valence-corrected chi connectivity index (χ0v) is 11.1. The van der Waals surface area contributed by atoms with Crippen molar-refractivity contribution in [1.82, 2.24) is 4.90 Å². The van der Waals surface area contributed by atoms with Crippen molar-refractivity contribution in [3.05, 3.63) is 34.9 Å². The molecule has 2 N–H and O–H groups in total. The third kappa shape index (κ3) is 3.30. The highest BCUT2D eigenvalue weighted by Gasteiger charge is 2.14. The van der Waals surface area contributed by atoms with Gasteiger partial charge in [0, 0.05) is 6.04 Å². The number of rotatable bonds is 4. The summed E-state index contributed by atoms with van der Waals surface area (Å²) in [5.41, 5.74) is 10.3. The molecule has 0 spiro atoms. The van der Waals surface area contributed by atoms with Crippen LogP contribution < -0.4 is 5.73 Å². The molecule has 94 valence electrons. The SMILES string of the molecule is Cc1ccc(C(N)CCN2CCCC2)c(C)c1. The van der Waals surface area contributed by atoms with Crippen LogP contribution in [0.15, 0.2) is 18.2 Å². The maximum absolute atomic E-state index is 6.30. The first-order chi connectivity index (χ1) is 8.16. The number of aryl methyl sites for hydroxylation is 2. The van der Waals surface area contributed by atoms with Gasteiger partial charge in [-0.25, -0.2) is 0 Å². The molecule has 1 atom stereocenters. The lowest BCUT2D eigenvalue weighted by Crippen LogP contribution is -2.24. The van der Waals surface area contributed by atoms with Crippen LogP contribution in [0.3, 0.4) is 0 Å². The van der Waals surface area contributed by atoms with Gasteiger partial charge in [-0.2, -0.15) is 0 Å². The van der Waals surface area contributed by atoms with Crippen LogP contribution >= 0.6 is 0 Å². The van der Waals surface area contributed by atoms with Crippen molar-refractivity contribution in [2.75, 3.05) is 19.6 Å². The Labute approximate surface area is 105 Å². The van der Waals surface area contributed by atoms with Gasteiger partial charge in [0.15, 0.2) is 0 Å². The summed E-state index contributed by atoms with van der Waals surface area (Å²) in [5.74, 6) is 0. The predicted molar refractivity (Wildman–Crippen MR) is 73.1 cm³/mol. The van der Waals surface area contributed by atoms with Crippen LogP contribution in [-0.4, -0.2) is 24.5 Å². The molecule has 17 heavy (non-hydrogen) atoms. The van der Waals surface area contributed by atoms with Crippen molar-refractivity contribution in [2.24, 2.45) is 5.73 Å². The number of nitrogens with two attached hydrogens (primary N) is 1. The van der Waals surface area contributed by atoms with E-state index in [0.29, 0.717) is 0 Å². The topological polar surface area (TPSA) is 29.3 Å². The summed E-state index contributed by atoms with van der Waals surface area (Å²) in [5, 5.41) is 0. The van der Waals surface area contributed by atoms with E-state index in [1.807, 2.05) is 0 Å². The maximum atomic E-state index is 6.30. The second-order valence-corrected chi connectivity index (χ2v) is 5.30. The van der Waals surface area contributed by atoms with Crippen molar-refractivity contribution < 1.29 is 0 Å². The molecule has 1 heterocycles. The molecule has 0 aromatic heterocycles. The van der Waals surface area contributed by atoms with Crippen LogP contribution in [0.1, 0.15) is 42.0 Å². The fourth-order valence-electron chi connectivity index (χ4n) is 2.73. The summed E-state index contributed by atoms with van der Waals surface area (Å²) in [6, 6.07) is 6.78. The predicted octanol–water partition coefficient (Wildman–Crippen LogP) is 2.79. The fourth-order valence-corrected chi connectivity index (χ4v) is 2.73. The Morgan fingerprint density at radius 3 is 2.59 bits per heavy atom. The van der Waals surface area contributed by atoms with Gasteiger partial charge in [0.25, 0.3) is 0 Å². The largest absolute Gasteiger partial charge is 0.324 e. The lowest BCUT2D eigenvalue weighted by Gasteiger charge is -2.19. The van der Waals surface area contributed by atoms with Gasteiger partial charge < -0.3 is 10.6 Å². The average molecular weight is 232 g/mol. The van der Waals surface area contributed by atoms with E-state index < -0.39 is 0 Å². The third-order valence-corrected chi connectivity index (χ3v) is 3.78. The normalized spacial score (nSPS) is 18.5. The zero-order valence-electron chi connectivity index (χ0n) is 11.1. The Bertz CT molecular complexity index is 367. The first-order valence-electron chi connectivity index (χ1n) is 6.72. The molecular formula is C15H24N2. The molecule has 0 amide bonds. The molecule has 2 rings (SSSR count). The Morgan fingerprint density at radius 2 is 1.94 bits per heavy atom. The van der Waals surface area contributed by atoms with E-state index in [4.69, 9.17) is 5.73 Å².